The Bertz CT molecular complexity index is 433. The van der Waals surface area contributed by atoms with Gasteiger partial charge in [-0.2, -0.15) is 0 Å². The lowest BCUT2D eigenvalue weighted by Gasteiger charge is -2.21. The van der Waals surface area contributed by atoms with Crippen LogP contribution >= 0.6 is 0 Å². The molecule has 0 aromatic heterocycles. The van der Waals surface area contributed by atoms with Crippen molar-refractivity contribution in [1.82, 2.24) is 4.90 Å². The first-order valence-corrected chi connectivity index (χ1v) is 5.99. The van der Waals surface area contributed by atoms with Gasteiger partial charge in [0.25, 0.3) is 0 Å². The van der Waals surface area contributed by atoms with E-state index in [0.717, 1.165) is 12.1 Å². The van der Waals surface area contributed by atoms with E-state index in [1.165, 1.54) is 4.90 Å². The van der Waals surface area contributed by atoms with Gasteiger partial charge in [-0.25, -0.2) is 4.79 Å². The van der Waals surface area contributed by atoms with Crippen molar-refractivity contribution >= 4 is 17.6 Å². The van der Waals surface area contributed by atoms with E-state index < -0.39 is 12.0 Å². The zero-order valence-electron chi connectivity index (χ0n) is 10.0. The van der Waals surface area contributed by atoms with Gasteiger partial charge in [-0.05, 0) is 25.0 Å². The van der Waals surface area contributed by atoms with Crippen LogP contribution in [0.15, 0.2) is 30.3 Å². The molecule has 1 aromatic rings. The number of nitrogens with zero attached hydrogens (tertiary/aromatic N) is 1. The fourth-order valence-electron chi connectivity index (χ4n) is 2.16. The SMILES string of the molecule is O=C(O)[C@@H]1CCCN1C(=O)CNc1ccccc1. The summed E-state index contributed by atoms with van der Waals surface area (Å²) in [6, 6.07) is 8.73. The minimum absolute atomic E-state index is 0.133. The van der Waals surface area contributed by atoms with E-state index in [9.17, 15) is 9.59 Å². The van der Waals surface area contributed by atoms with Crippen LogP contribution in [-0.2, 0) is 9.59 Å². The van der Waals surface area contributed by atoms with Gasteiger partial charge in [0, 0.05) is 12.2 Å². The highest BCUT2D eigenvalue weighted by Crippen LogP contribution is 2.17. The molecular formula is C13H16N2O3. The van der Waals surface area contributed by atoms with Crippen molar-refractivity contribution in [2.24, 2.45) is 0 Å². The number of hydrogen-bond acceptors (Lipinski definition) is 3. The molecule has 0 saturated carbocycles. The molecule has 0 aliphatic carbocycles. The number of hydrogen-bond donors (Lipinski definition) is 2. The second-order valence-electron chi connectivity index (χ2n) is 4.30. The monoisotopic (exact) mass is 248 g/mol. The highest BCUT2D eigenvalue weighted by molar-refractivity contribution is 5.86. The lowest BCUT2D eigenvalue weighted by molar-refractivity contribution is -0.147. The van der Waals surface area contributed by atoms with Crippen LogP contribution in [0.2, 0.25) is 0 Å². The minimum atomic E-state index is -0.916. The molecule has 5 nitrogen and oxygen atoms in total. The number of likely N-dealkylation sites (tertiary alicyclic amines) is 1. The fourth-order valence-corrected chi connectivity index (χ4v) is 2.16. The maximum absolute atomic E-state index is 11.9. The number of aliphatic carboxylic acids is 1. The first kappa shape index (κ1) is 12.4. The average Bonchev–Trinajstić information content (AvgIpc) is 2.86. The molecule has 1 aliphatic heterocycles. The molecular weight excluding hydrogens is 232 g/mol. The zero-order chi connectivity index (χ0) is 13.0. The van der Waals surface area contributed by atoms with Crippen molar-refractivity contribution < 1.29 is 14.7 Å². The summed E-state index contributed by atoms with van der Waals surface area (Å²) in [5.41, 5.74) is 0.858. The summed E-state index contributed by atoms with van der Waals surface area (Å²) < 4.78 is 0. The Morgan fingerprint density at radius 1 is 1.33 bits per heavy atom. The van der Waals surface area contributed by atoms with Crippen LogP contribution in [0.1, 0.15) is 12.8 Å². The maximum atomic E-state index is 11.9. The number of carboxylic acid groups (broad SMARTS) is 1. The number of anilines is 1. The van der Waals surface area contributed by atoms with Crippen LogP contribution in [-0.4, -0.2) is 41.0 Å². The lowest BCUT2D eigenvalue weighted by atomic mass is 10.2. The number of benzene rings is 1. The number of carbonyl (C=O) groups is 2. The largest absolute Gasteiger partial charge is 0.480 e. The third kappa shape index (κ3) is 2.80. The molecule has 1 aromatic carbocycles. The predicted octanol–water partition coefficient (Wildman–Crippen LogP) is 1.17. The summed E-state index contributed by atoms with van der Waals surface area (Å²) in [6.07, 6.45) is 1.31. The van der Waals surface area contributed by atoms with E-state index in [1.54, 1.807) is 0 Å². The van der Waals surface area contributed by atoms with E-state index in [1.807, 2.05) is 30.3 Å². The van der Waals surface area contributed by atoms with Crippen molar-refractivity contribution in [3.63, 3.8) is 0 Å². The molecule has 0 radical (unpaired) electrons. The Morgan fingerprint density at radius 2 is 2.06 bits per heavy atom. The van der Waals surface area contributed by atoms with E-state index in [0.29, 0.717) is 13.0 Å². The van der Waals surface area contributed by atoms with Gasteiger partial charge in [-0.1, -0.05) is 18.2 Å². The first-order chi connectivity index (χ1) is 8.68. The Kier molecular flexibility index (Phi) is 3.82. The average molecular weight is 248 g/mol. The normalized spacial score (nSPS) is 18.7. The smallest absolute Gasteiger partial charge is 0.326 e. The van der Waals surface area contributed by atoms with Gasteiger partial charge in [0.15, 0.2) is 0 Å². The highest BCUT2D eigenvalue weighted by atomic mass is 16.4. The van der Waals surface area contributed by atoms with Gasteiger partial charge in [0.1, 0.15) is 6.04 Å². The molecule has 0 unspecified atom stereocenters. The molecule has 18 heavy (non-hydrogen) atoms. The Balaban J connectivity index is 1.90. The molecule has 96 valence electrons. The third-order valence-electron chi connectivity index (χ3n) is 3.08. The van der Waals surface area contributed by atoms with Crippen molar-refractivity contribution in [3.05, 3.63) is 30.3 Å². The summed E-state index contributed by atoms with van der Waals surface area (Å²) in [5.74, 6) is -1.08. The number of para-hydroxylation sites is 1. The molecule has 1 fully saturated rings. The summed E-state index contributed by atoms with van der Waals surface area (Å²) in [6.45, 7) is 0.667. The molecule has 5 heteroatoms. The Hall–Kier alpha value is -2.04. The molecule has 1 atom stereocenters. The van der Waals surface area contributed by atoms with Crippen LogP contribution < -0.4 is 5.32 Å². The molecule has 1 amide bonds. The van der Waals surface area contributed by atoms with Gasteiger partial charge < -0.3 is 15.3 Å². The second kappa shape index (κ2) is 5.53. The van der Waals surface area contributed by atoms with Gasteiger partial charge >= 0.3 is 5.97 Å². The first-order valence-electron chi connectivity index (χ1n) is 5.99. The molecule has 2 N–H and O–H groups in total. The molecule has 1 heterocycles. The van der Waals surface area contributed by atoms with Gasteiger partial charge in [0.2, 0.25) is 5.91 Å². The summed E-state index contributed by atoms with van der Waals surface area (Å²) in [4.78, 5) is 24.4. The topological polar surface area (TPSA) is 69.6 Å². The van der Waals surface area contributed by atoms with Gasteiger partial charge in [-0.3, -0.25) is 4.79 Å². The number of nitrogens with one attached hydrogen (secondary N) is 1. The summed E-state index contributed by atoms with van der Waals surface area (Å²) in [7, 11) is 0. The quantitative estimate of drug-likeness (QED) is 0.839. The third-order valence-corrected chi connectivity index (χ3v) is 3.08. The van der Waals surface area contributed by atoms with Crippen LogP contribution in [0, 0.1) is 0 Å². The molecule has 2 rings (SSSR count). The van der Waals surface area contributed by atoms with Crippen LogP contribution in [0.4, 0.5) is 5.69 Å². The van der Waals surface area contributed by atoms with Crippen molar-refractivity contribution in [1.29, 1.82) is 0 Å². The van der Waals surface area contributed by atoms with Crippen molar-refractivity contribution in [2.45, 2.75) is 18.9 Å². The summed E-state index contributed by atoms with van der Waals surface area (Å²) in [5, 5.41) is 12.0. The molecule has 1 aliphatic rings. The van der Waals surface area contributed by atoms with E-state index >= 15 is 0 Å². The van der Waals surface area contributed by atoms with E-state index in [-0.39, 0.29) is 12.5 Å². The lowest BCUT2D eigenvalue weighted by Crippen LogP contribution is -2.43. The van der Waals surface area contributed by atoms with Crippen LogP contribution in [0.3, 0.4) is 0 Å². The standard InChI is InChI=1S/C13H16N2O3/c16-12(9-14-10-5-2-1-3-6-10)15-8-4-7-11(15)13(17)18/h1-3,5-6,11,14H,4,7-9H2,(H,17,18)/t11-/m0/s1. The summed E-state index contributed by atoms with van der Waals surface area (Å²) >= 11 is 0. The van der Waals surface area contributed by atoms with Crippen molar-refractivity contribution in [2.75, 3.05) is 18.4 Å². The predicted molar refractivity (Wildman–Crippen MR) is 67.3 cm³/mol. The van der Waals surface area contributed by atoms with Gasteiger partial charge in [-0.15, -0.1) is 0 Å². The molecule has 1 saturated heterocycles. The van der Waals surface area contributed by atoms with E-state index in [4.69, 9.17) is 5.11 Å². The minimum Gasteiger partial charge on any atom is -0.480 e. The van der Waals surface area contributed by atoms with Crippen LogP contribution in [0.5, 0.6) is 0 Å². The number of carbonyl (C=O) groups excluding carboxylic acids is 1. The van der Waals surface area contributed by atoms with Crippen molar-refractivity contribution in [3.8, 4) is 0 Å². The molecule has 0 spiro atoms. The van der Waals surface area contributed by atoms with E-state index in [2.05, 4.69) is 5.32 Å². The Morgan fingerprint density at radius 3 is 2.72 bits per heavy atom. The highest BCUT2D eigenvalue weighted by Gasteiger charge is 2.33. The number of amides is 1. The van der Waals surface area contributed by atoms with Gasteiger partial charge in [0.05, 0.1) is 6.54 Å². The second-order valence-corrected chi connectivity index (χ2v) is 4.30. The number of rotatable bonds is 4. The maximum Gasteiger partial charge on any atom is 0.326 e. The van der Waals surface area contributed by atoms with Crippen LogP contribution in [0.25, 0.3) is 0 Å². The zero-order valence-corrected chi connectivity index (χ0v) is 10.0. The number of carboxylic acids is 1. The molecule has 0 bridgehead atoms. The Labute approximate surface area is 105 Å². The fraction of sp³-hybridized carbons (Fsp3) is 0.385.